The minimum atomic E-state index is -3.64. The lowest BCUT2D eigenvalue weighted by molar-refractivity contribution is -0.141. The summed E-state index contributed by atoms with van der Waals surface area (Å²) in [6, 6.07) is 21.2. The van der Waals surface area contributed by atoms with Gasteiger partial charge in [-0.3, -0.25) is 13.9 Å². The molecule has 0 aromatic heterocycles. The van der Waals surface area contributed by atoms with Crippen LogP contribution in [0.15, 0.2) is 78.9 Å². The Hall–Kier alpha value is -3.92. The number of benzene rings is 3. The van der Waals surface area contributed by atoms with Crippen molar-refractivity contribution in [3.63, 3.8) is 0 Å². The second-order valence-electron chi connectivity index (χ2n) is 9.30. The van der Waals surface area contributed by atoms with Gasteiger partial charge in [0, 0.05) is 38.5 Å². The number of nitrogens with one attached hydrogen (secondary N) is 1. The highest BCUT2D eigenvalue weighted by Gasteiger charge is 2.30. The summed E-state index contributed by atoms with van der Waals surface area (Å²) < 4.78 is 46.4. The lowest BCUT2D eigenvalue weighted by Crippen LogP contribution is -2.50. The van der Waals surface area contributed by atoms with Gasteiger partial charge in [0.05, 0.1) is 18.6 Å². The predicted molar refractivity (Wildman–Crippen MR) is 154 cm³/mol. The number of amides is 2. The fourth-order valence-corrected chi connectivity index (χ4v) is 5.38. The summed E-state index contributed by atoms with van der Waals surface area (Å²) in [4.78, 5) is 28.0. The summed E-state index contributed by atoms with van der Waals surface area (Å²) in [7, 11) is -2.14. The topological polar surface area (TPSA) is 96.0 Å². The van der Waals surface area contributed by atoms with E-state index in [4.69, 9.17) is 4.74 Å². The lowest BCUT2D eigenvalue weighted by atomic mass is 10.0. The summed E-state index contributed by atoms with van der Waals surface area (Å²) in [6.45, 7) is 2.29. The SMILES string of the molecule is CCOc1ccc(N(CCCC(=O)N(Cc2ccccc2F)[C@@H](Cc2ccccc2)C(=O)NC)S(C)(=O)=O)cc1. The van der Waals surface area contributed by atoms with Crippen LogP contribution < -0.4 is 14.4 Å². The van der Waals surface area contributed by atoms with Crippen molar-refractivity contribution in [2.45, 2.75) is 38.8 Å². The molecule has 0 spiro atoms. The van der Waals surface area contributed by atoms with E-state index < -0.39 is 21.9 Å². The van der Waals surface area contributed by atoms with Gasteiger partial charge in [0.15, 0.2) is 0 Å². The fourth-order valence-electron chi connectivity index (χ4n) is 4.41. The molecule has 0 aliphatic heterocycles. The van der Waals surface area contributed by atoms with Gasteiger partial charge in [-0.05, 0) is 49.2 Å². The Kier molecular flexibility index (Phi) is 11.1. The Morgan fingerprint density at radius 2 is 1.62 bits per heavy atom. The Bertz CT molecular complexity index is 1370. The van der Waals surface area contributed by atoms with Crippen molar-refractivity contribution in [1.29, 1.82) is 0 Å². The van der Waals surface area contributed by atoms with Crippen LogP contribution in [0.3, 0.4) is 0 Å². The molecule has 40 heavy (non-hydrogen) atoms. The van der Waals surface area contributed by atoms with Crippen LogP contribution in [0.25, 0.3) is 0 Å². The van der Waals surface area contributed by atoms with Gasteiger partial charge in [-0.15, -0.1) is 0 Å². The van der Waals surface area contributed by atoms with E-state index in [2.05, 4.69) is 5.32 Å². The van der Waals surface area contributed by atoms with Crippen LogP contribution in [0.1, 0.15) is 30.9 Å². The van der Waals surface area contributed by atoms with Gasteiger partial charge in [-0.25, -0.2) is 12.8 Å². The lowest BCUT2D eigenvalue weighted by Gasteiger charge is -2.31. The van der Waals surface area contributed by atoms with Gasteiger partial charge in [0.2, 0.25) is 21.8 Å². The Morgan fingerprint density at radius 1 is 0.975 bits per heavy atom. The third kappa shape index (κ3) is 8.54. The first kappa shape index (κ1) is 30.6. The average Bonchev–Trinajstić information content (AvgIpc) is 2.94. The van der Waals surface area contributed by atoms with E-state index in [9.17, 15) is 22.4 Å². The summed E-state index contributed by atoms with van der Waals surface area (Å²) in [6.07, 6.45) is 1.50. The minimum absolute atomic E-state index is 0.0419. The quantitative estimate of drug-likeness (QED) is 0.315. The molecule has 214 valence electrons. The van der Waals surface area contributed by atoms with E-state index in [0.717, 1.165) is 11.8 Å². The molecule has 0 bridgehead atoms. The summed E-state index contributed by atoms with van der Waals surface area (Å²) >= 11 is 0. The van der Waals surface area contributed by atoms with E-state index >= 15 is 0 Å². The highest BCUT2D eigenvalue weighted by Crippen LogP contribution is 2.23. The van der Waals surface area contributed by atoms with Crippen LogP contribution >= 0.6 is 0 Å². The van der Waals surface area contributed by atoms with Crippen LogP contribution in [0, 0.1) is 5.82 Å². The molecule has 0 saturated heterocycles. The standard InChI is InChI=1S/C30H36FN3O5S/c1-4-39-26-18-16-25(17-19-26)34(40(3,37)38)20-10-15-29(35)33(22-24-13-8-9-14-27(24)31)28(30(36)32-2)21-23-11-6-5-7-12-23/h5-9,11-14,16-19,28H,4,10,15,20-22H2,1-3H3,(H,32,36)/t28-/m0/s1. The maximum atomic E-state index is 14.6. The highest BCUT2D eigenvalue weighted by atomic mass is 32.2. The number of anilines is 1. The number of sulfonamides is 1. The van der Waals surface area contributed by atoms with Gasteiger partial charge in [0.1, 0.15) is 17.6 Å². The second kappa shape index (κ2) is 14.5. The van der Waals surface area contributed by atoms with E-state index in [1.54, 1.807) is 42.5 Å². The van der Waals surface area contributed by atoms with Gasteiger partial charge in [0.25, 0.3) is 0 Å². The largest absolute Gasteiger partial charge is 0.494 e. The third-order valence-corrected chi connectivity index (χ3v) is 7.60. The zero-order valence-corrected chi connectivity index (χ0v) is 23.9. The summed E-state index contributed by atoms with van der Waals surface area (Å²) in [5.74, 6) is -0.611. The smallest absolute Gasteiger partial charge is 0.242 e. The predicted octanol–water partition coefficient (Wildman–Crippen LogP) is 4.16. The van der Waals surface area contributed by atoms with Crippen molar-refractivity contribution in [1.82, 2.24) is 10.2 Å². The fraction of sp³-hybridized carbons (Fsp3) is 0.333. The number of ether oxygens (including phenoxy) is 1. The number of likely N-dealkylation sites (N-methyl/N-ethyl adjacent to an activating group) is 1. The average molecular weight is 570 g/mol. The zero-order chi connectivity index (χ0) is 29.1. The van der Waals surface area contributed by atoms with Crippen molar-refractivity contribution < 1.29 is 27.1 Å². The number of rotatable bonds is 14. The molecule has 1 N–H and O–H groups in total. The van der Waals surface area contributed by atoms with Gasteiger partial charge < -0.3 is 15.0 Å². The van der Waals surface area contributed by atoms with Crippen LogP contribution in [-0.4, -0.2) is 57.6 Å². The molecule has 3 aromatic carbocycles. The summed E-state index contributed by atoms with van der Waals surface area (Å²) in [5, 5.41) is 2.63. The first-order valence-corrected chi connectivity index (χ1v) is 15.0. The molecule has 10 heteroatoms. The van der Waals surface area contributed by atoms with E-state index in [0.29, 0.717) is 18.0 Å². The first-order valence-electron chi connectivity index (χ1n) is 13.1. The van der Waals surface area contributed by atoms with Crippen LogP contribution in [-0.2, 0) is 32.6 Å². The molecule has 3 aromatic rings. The second-order valence-corrected chi connectivity index (χ2v) is 11.2. The third-order valence-electron chi connectivity index (χ3n) is 6.40. The van der Waals surface area contributed by atoms with Crippen molar-refractivity contribution in [3.8, 4) is 5.75 Å². The Labute approximate surface area is 235 Å². The number of hydrogen-bond donors (Lipinski definition) is 1. The number of halogens is 1. The minimum Gasteiger partial charge on any atom is -0.494 e. The van der Waals surface area contributed by atoms with Crippen molar-refractivity contribution >= 4 is 27.5 Å². The Morgan fingerprint density at radius 3 is 2.23 bits per heavy atom. The molecular formula is C30H36FN3O5S. The van der Waals surface area contributed by atoms with Crippen LogP contribution in [0.4, 0.5) is 10.1 Å². The Balaban J connectivity index is 1.83. The van der Waals surface area contributed by atoms with Crippen LogP contribution in [0.2, 0.25) is 0 Å². The van der Waals surface area contributed by atoms with E-state index in [1.165, 1.54) is 22.3 Å². The maximum Gasteiger partial charge on any atom is 0.242 e. The van der Waals surface area contributed by atoms with Crippen molar-refractivity contribution in [3.05, 3.63) is 95.8 Å². The number of carbonyl (C=O) groups is 2. The molecule has 0 fully saturated rings. The van der Waals surface area contributed by atoms with E-state index in [1.807, 2.05) is 37.3 Å². The van der Waals surface area contributed by atoms with Gasteiger partial charge >= 0.3 is 0 Å². The number of nitrogens with zero attached hydrogens (tertiary/aromatic N) is 2. The molecule has 0 radical (unpaired) electrons. The number of carbonyl (C=O) groups excluding carboxylic acids is 2. The molecule has 0 unspecified atom stereocenters. The van der Waals surface area contributed by atoms with Gasteiger partial charge in [-0.2, -0.15) is 0 Å². The molecule has 2 amide bonds. The van der Waals surface area contributed by atoms with Crippen molar-refractivity contribution in [2.24, 2.45) is 0 Å². The molecule has 8 nitrogen and oxygen atoms in total. The van der Waals surface area contributed by atoms with Gasteiger partial charge in [-0.1, -0.05) is 48.5 Å². The first-order chi connectivity index (χ1) is 19.1. The normalized spacial score (nSPS) is 11.9. The maximum absolute atomic E-state index is 14.6. The van der Waals surface area contributed by atoms with E-state index in [-0.39, 0.29) is 49.7 Å². The molecule has 3 rings (SSSR count). The zero-order valence-electron chi connectivity index (χ0n) is 23.0. The molecule has 0 aliphatic rings. The summed E-state index contributed by atoms with van der Waals surface area (Å²) in [5.41, 5.74) is 1.58. The monoisotopic (exact) mass is 569 g/mol. The van der Waals surface area contributed by atoms with Crippen LogP contribution in [0.5, 0.6) is 5.75 Å². The molecule has 1 atom stereocenters. The van der Waals surface area contributed by atoms with Crippen molar-refractivity contribution in [2.75, 3.05) is 30.8 Å². The molecule has 0 saturated carbocycles. The number of hydrogen-bond acceptors (Lipinski definition) is 5. The molecule has 0 aliphatic carbocycles. The molecular weight excluding hydrogens is 533 g/mol. The molecule has 0 heterocycles. The highest BCUT2D eigenvalue weighted by molar-refractivity contribution is 7.92.